The first kappa shape index (κ1) is 34.3. The van der Waals surface area contributed by atoms with E-state index in [0.717, 1.165) is 33.8 Å². The van der Waals surface area contributed by atoms with Crippen molar-refractivity contribution < 1.29 is 0 Å². The molecule has 0 unspecified atom stereocenters. The number of anilines is 3. The minimum Gasteiger partial charge on any atom is -0.310 e. The summed E-state index contributed by atoms with van der Waals surface area (Å²) in [5, 5.41) is 7.48. The summed E-state index contributed by atoms with van der Waals surface area (Å²) in [4.78, 5) is 2.42. The molecule has 0 saturated heterocycles. The third kappa shape index (κ3) is 5.10. The first-order valence-electron chi connectivity index (χ1n) is 19.9. The number of aromatic nitrogens is 1. The second kappa shape index (κ2) is 13.1. The summed E-state index contributed by atoms with van der Waals surface area (Å²) in [6, 6.07) is 60.7. The molecule has 1 aliphatic carbocycles. The van der Waals surface area contributed by atoms with Crippen LogP contribution in [0.15, 0.2) is 195 Å². The molecule has 0 bridgehead atoms. The predicted molar refractivity (Wildman–Crippen MR) is 252 cm³/mol. The molecule has 0 spiro atoms. The van der Waals surface area contributed by atoms with Crippen molar-refractivity contribution in [1.82, 2.24) is 4.57 Å². The number of nitrogens with zero attached hydrogens (tertiary/aromatic N) is 2. The number of hydrogen-bond acceptors (Lipinski definition) is 2. The fourth-order valence-corrected chi connectivity index (χ4v) is 10.6. The highest BCUT2D eigenvalue weighted by Crippen LogP contribution is 2.51. The fourth-order valence-electron chi connectivity index (χ4n) is 9.54. The molecule has 0 atom stereocenters. The van der Waals surface area contributed by atoms with Gasteiger partial charge in [-0.2, -0.15) is 0 Å². The van der Waals surface area contributed by atoms with E-state index in [1.54, 1.807) is 0 Å². The number of thiophene rings is 1. The summed E-state index contributed by atoms with van der Waals surface area (Å²) >= 11 is 1.86. The second-order valence-electron chi connectivity index (χ2n) is 15.8. The van der Waals surface area contributed by atoms with Crippen LogP contribution in [-0.2, 0) is 5.41 Å². The van der Waals surface area contributed by atoms with Crippen molar-refractivity contribution in [3.63, 3.8) is 0 Å². The molecule has 2 aromatic heterocycles. The lowest BCUT2D eigenvalue weighted by molar-refractivity contribution is 0.660. The van der Waals surface area contributed by atoms with E-state index in [9.17, 15) is 0 Å². The molecule has 0 fully saturated rings. The smallest absolute Gasteiger partial charge is 0.0547 e. The Labute approximate surface area is 342 Å². The van der Waals surface area contributed by atoms with Crippen LogP contribution in [0.4, 0.5) is 17.1 Å². The van der Waals surface area contributed by atoms with Gasteiger partial charge in [0.05, 0.1) is 11.0 Å². The van der Waals surface area contributed by atoms with Crippen LogP contribution in [0, 0.1) is 0 Å². The molecular weight excluding hydrogens is 721 g/mol. The van der Waals surface area contributed by atoms with E-state index in [-0.39, 0.29) is 5.41 Å². The van der Waals surface area contributed by atoms with Crippen LogP contribution in [-0.4, -0.2) is 4.57 Å². The van der Waals surface area contributed by atoms with Gasteiger partial charge < -0.3 is 9.47 Å². The maximum absolute atomic E-state index is 4.16. The van der Waals surface area contributed by atoms with Crippen LogP contribution >= 0.6 is 11.3 Å². The number of benzene rings is 8. The maximum Gasteiger partial charge on any atom is 0.0547 e. The minimum atomic E-state index is -0.0878. The zero-order chi connectivity index (χ0) is 39.1. The molecule has 276 valence electrons. The van der Waals surface area contributed by atoms with Gasteiger partial charge in [0.2, 0.25) is 0 Å². The number of allylic oxidation sites excluding steroid dienone is 4. The summed E-state index contributed by atoms with van der Waals surface area (Å²) in [7, 11) is 0. The second-order valence-corrected chi connectivity index (χ2v) is 16.9. The van der Waals surface area contributed by atoms with Gasteiger partial charge in [-0.15, -0.1) is 11.3 Å². The van der Waals surface area contributed by atoms with Gasteiger partial charge >= 0.3 is 0 Å². The van der Waals surface area contributed by atoms with Crippen molar-refractivity contribution >= 4 is 86.8 Å². The third-order valence-electron chi connectivity index (χ3n) is 12.3. The Morgan fingerprint density at radius 1 is 0.552 bits per heavy atom. The van der Waals surface area contributed by atoms with Crippen LogP contribution in [0.5, 0.6) is 0 Å². The first-order chi connectivity index (χ1) is 28.4. The Balaban J connectivity index is 1.07. The third-order valence-corrected chi connectivity index (χ3v) is 13.4. The van der Waals surface area contributed by atoms with Gasteiger partial charge in [-0.05, 0) is 129 Å². The van der Waals surface area contributed by atoms with E-state index >= 15 is 0 Å². The minimum absolute atomic E-state index is 0.0878. The average molecular weight is 761 g/mol. The topological polar surface area (TPSA) is 8.17 Å². The van der Waals surface area contributed by atoms with Gasteiger partial charge in [0, 0.05) is 59.1 Å². The molecule has 0 amide bonds. The lowest BCUT2D eigenvalue weighted by Crippen LogP contribution is -2.16. The number of rotatable bonds is 7. The Bertz CT molecular complexity index is 3360. The molecule has 0 saturated carbocycles. The summed E-state index contributed by atoms with van der Waals surface area (Å²) in [6.45, 7) is 12.9. The molecule has 58 heavy (non-hydrogen) atoms. The van der Waals surface area contributed by atoms with Gasteiger partial charge in [-0.25, -0.2) is 0 Å². The molecule has 0 radical (unpaired) electrons. The number of hydrogen-bond donors (Lipinski definition) is 0. The molecule has 11 rings (SSSR count). The first-order valence-corrected chi connectivity index (χ1v) is 20.7. The van der Waals surface area contributed by atoms with Crippen molar-refractivity contribution in [2.75, 3.05) is 4.90 Å². The lowest BCUT2D eigenvalue weighted by atomic mass is 9.82. The summed E-state index contributed by atoms with van der Waals surface area (Å²) in [5.41, 5.74) is 14.5. The Hall–Kier alpha value is -6.94. The highest BCUT2D eigenvalue weighted by molar-refractivity contribution is 7.25. The largest absolute Gasteiger partial charge is 0.310 e. The van der Waals surface area contributed by atoms with Crippen molar-refractivity contribution in [3.05, 3.63) is 206 Å². The monoisotopic (exact) mass is 760 g/mol. The summed E-state index contributed by atoms with van der Waals surface area (Å²) in [5.74, 6) is 0. The van der Waals surface area contributed by atoms with E-state index < -0.39 is 0 Å². The average Bonchev–Trinajstić information content (AvgIpc) is 3.88. The predicted octanol–water partition coefficient (Wildman–Crippen LogP) is 16.0. The quantitative estimate of drug-likeness (QED) is 0.147. The van der Waals surface area contributed by atoms with E-state index in [1.807, 2.05) is 29.6 Å². The molecule has 0 N–H and O–H groups in total. The van der Waals surface area contributed by atoms with Gasteiger partial charge in [0.25, 0.3) is 0 Å². The van der Waals surface area contributed by atoms with Crippen molar-refractivity contribution in [3.8, 4) is 22.3 Å². The van der Waals surface area contributed by atoms with Crippen LogP contribution in [0.25, 0.3) is 80.7 Å². The Morgan fingerprint density at radius 3 is 2.03 bits per heavy atom. The van der Waals surface area contributed by atoms with E-state index in [1.165, 1.54) is 75.1 Å². The van der Waals surface area contributed by atoms with Crippen LogP contribution in [0.1, 0.15) is 25.0 Å². The molecule has 2 nitrogen and oxygen atoms in total. The standard InChI is InChI=1S/C55H40N2S/c1-5-14-38(6-2)57-50-27-22-36(32-47(50)54-42-18-11-10-15-35(42)21-28-51(54)57)37-23-29-52-45(31-37)46-33-40(25-30-53(46)58-52)56(39-16-8-7-9-17-39)41-24-26-44-43-19-12-13-20-48(43)55(3,4)49(44)34-41/h5-34H,1-2H2,3-4H3/b38-14+. The van der Waals surface area contributed by atoms with E-state index in [4.69, 9.17) is 0 Å². The molecular formula is C55H40N2S. The van der Waals surface area contributed by atoms with Gasteiger partial charge in [-0.3, -0.25) is 0 Å². The highest BCUT2D eigenvalue weighted by Gasteiger charge is 2.35. The molecule has 3 heteroatoms. The van der Waals surface area contributed by atoms with Crippen molar-refractivity contribution in [2.24, 2.45) is 0 Å². The summed E-state index contributed by atoms with van der Waals surface area (Å²) < 4.78 is 4.88. The van der Waals surface area contributed by atoms with Crippen molar-refractivity contribution in [2.45, 2.75) is 19.3 Å². The van der Waals surface area contributed by atoms with Gasteiger partial charge in [0.1, 0.15) is 0 Å². The molecule has 2 heterocycles. The zero-order valence-electron chi connectivity index (χ0n) is 32.5. The fraction of sp³-hybridized carbons (Fsp3) is 0.0545. The number of para-hydroxylation sites is 1. The van der Waals surface area contributed by atoms with E-state index in [2.05, 4.69) is 200 Å². The molecule has 1 aliphatic rings. The van der Waals surface area contributed by atoms with Crippen molar-refractivity contribution in [1.29, 1.82) is 0 Å². The van der Waals surface area contributed by atoms with Crippen LogP contribution < -0.4 is 4.90 Å². The summed E-state index contributed by atoms with van der Waals surface area (Å²) in [6.07, 6.45) is 5.78. The lowest BCUT2D eigenvalue weighted by Gasteiger charge is -2.28. The maximum atomic E-state index is 4.16. The Kier molecular flexibility index (Phi) is 7.73. The van der Waals surface area contributed by atoms with Crippen LogP contribution in [0.3, 0.4) is 0 Å². The van der Waals surface area contributed by atoms with Gasteiger partial charge in [0.15, 0.2) is 0 Å². The molecule has 8 aromatic carbocycles. The highest BCUT2D eigenvalue weighted by atomic mass is 32.1. The molecule has 10 aromatic rings. The SMILES string of the molecule is C=C/C=C(\C=C)n1c2ccc(-c3ccc4sc5ccc(N(c6ccccc6)c6ccc7c(c6)C(C)(C)c6ccccc6-7)cc5c4c3)cc2c2c3ccccc3ccc21. The van der Waals surface area contributed by atoms with Crippen LogP contribution in [0.2, 0.25) is 0 Å². The molecule has 0 aliphatic heterocycles. The number of fused-ring (bicyclic) bond motifs is 11. The Morgan fingerprint density at radius 2 is 1.21 bits per heavy atom. The normalized spacial score (nSPS) is 13.4. The zero-order valence-corrected chi connectivity index (χ0v) is 33.4. The van der Waals surface area contributed by atoms with Gasteiger partial charge in [-0.1, -0.05) is 124 Å². The van der Waals surface area contributed by atoms with E-state index in [0.29, 0.717) is 0 Å².